The van der Waals surface area contributed by atoms with Crippen molar-refractivity contribution in [2.24, 2.45) is 0 Å². The minimum atomic E-state index is -4.86. The third-order valence-electron chi connectivity index (χ3n) is 4.89. The molecule has 2 aliphatic heterocycles. The topological polar surface area (TPSA) is 77.1 Å². The van der Waals surface area contributed by atoms with Crippen LogP contribution in [0.25, 0.3) is 0 Å². The van der Waals surface area contributed by atoms with Crippen molar-refractivity contribution in [3.8, 4) is 5.75 Å². The number of anilines is 1. The van der Waals surface area contributed by atoms with Gasteiger partial charge in [0.25, 0.3) is 11.8 Å². The molecule has 4 rings (SSSR count). The molecule has 7 nitrogen and oxygen atoms in total. The summed E-state index contributed by atoms with van der Waals surface area (Å²) in [5.74, 6) is -1.33. The van der Waals surface area contributed by atoms with Crippen molar-refractivity contribution in [3.63, 3.8) is 0 Å². The predicted octanol–water partition coefficient (Wildman–Crippen LogP) is 3.44. The highest BCUT2D eigenvalue weighted by Gasteiger charge is 2.32. The lowest BCUT2D eigenvalue weighted by Crippen LogP contribution is -2.41. The summed E-state index contributed by atoms with van der Waals surface area (Å²) in [5, 5.41) is 3.06. The Labute approximate surface area is 179 Å². The highest BCUT2D eigenvalue weighted by Crippen LogP contribution is 2.38. The van der Waals surface area contributed by atoms with Crippen LogP contribution in [0, 0.1) is 0 Å². The smallest absolute Gasteiger partial charge is 0.406 e. The number of hydrogen-bond donors (Lipinski definition) is 1. The molecule has 0 radical (unpaired) electrons. The summed E-state index contributed by atoms with van der Waals surface area (Å²) in [6.45, 7) is 2.59. The summed E-state index contributed by atoms with van der Waals surface area (Å²) >= 11 is 1.24. The Balaban J connectivity index is 1.61. The van der Waals surface area contributed by atoms with E-state index in [4.69, 9.17) is 9.47 Å². The molecule has 166 valence electrons. The zero-order valence-electron chi connectivity index (χ0n) is 16.3. The van der Waals surface area contributed by atoms with Gasteiger partial charge in [-0.3, -0.25) is 9.59 Å². The summed E-state index contributed by atoms with van der Waals surface area (Å²) in [6, 6.07) is 4.78. The summed E-state index contributed by atoms with van der Waals surface area (Å²) in [7, 11) is 0. The third kappa shape index (κ3) is 5.00. The van der Waals surface area contributed by atoms with E-state index in [0.29, 0.717) is 56.5 Å². The van der Waals surface area contributed by atoms with Gasteiger partial charge in [0.2, 0.25) is 0 Å². The summed E-state index contributed by atoms with van der Waals surface area (Å²) in [4.78, 5) is 28.5. The van der Waals surface area contributed by atoms with Gasteiger partial charge >= 0.3 is 6.36 Å². The molecule has 0 saturated carbocycles. The molecule has 0 spiro atoms. The highest BCUT2D eigenvalue weighted by atomic mass is 32.1. The van der Waals surface area contributed by atoms with Crippen molar-refractivity contribution in [1.82, 2.24) is 4.90 Å². The predicted molar refractivity (Wildman–Crippen MR) is 105 cm³/mol. The lowest BCUT2D eigenvalue weighted by molar-refractivity contribution is -0.274. The van der Waals surface area contributed by atoms with Crippen LogP contribution in [0.4, 0.5) is 18.2 Å². The Morgan fingerprint density at radius 2 is 1.90 bits per heavy atom. The molecule has 11 heteroatoms. The monoisotopic (exact) mass is 456 g/mol. The molecule has 0 bridgehead atoms. The van der Waals surface area contributed by atoms with Gasteiger partial charge in [-0.2, -0.15) is 0 Å². The molecule has 1 aromatic carbocycles. The fourth-order valence-electron chi connectivity index (χ4n) is 3.48. The van der Waals surface area contributed by atoms with Gasteiger partial charge in [-0.15, -0.1) is 24.5 Å². The van der Waals surface area contributed by atoms with Crippen molar-refractivity contribution < 1.29 is 37.0 Å². The number of amides is 2. The van der Waals surface area contributed by atoms with Gasteiger partial charge < -0.3 is 24.4 Å². The second kappa shape index (κ2) is 8.85. The Bertz CT molecular complexity index is 986. The zero-order valence-corrected chi connectivity index (χ0v) is 17.1. The van der Waals surface area contributed by atoms with Crippen LogP contribution in [-0.2, 0) is 22.5 Å². The van der Waals surface area contributed by atoms with Crippen LogP contribution in [-0.4, -0.2) is 56.0 Å². The highest BCUT2D eigenvalue weighted by molar-refractivity contribution is 7.17. The van der Waals surface area contributed by atoms with Crippen LogP contribution < -0.4 is 10.1 Å². The number of fused-ring (bicyclic) bond motifs is 1. The normalized spacial score (nSPS) is 16.5. The van der Waals surface area contributed by atoms with Crippen molar-refractivity contribution in [1.29, 1.82) is 0 Å². The summed E-state index contributed by atoms with van der Waals surface area (Å²) in [6.07, 6.45) is -4.32. The van der Waals surface area contributed by atoms with E-state index in [9.17, 15) is 22.8 Å². The van der Waals surface area contributed by atoms with Gasteiger partial charge in [0.15, 0.2) is 0 Å². The number of carbonyl (C=O) groups is 2. The van der Waals surface area contributed by atoms with Crippen LogP contribution in [0.5, 0.6) is 5.75 Å². The molecule has 2 aliphatic rings. The minimum absolute atomic E-state index is 0.0193. The van der Waals surface area contributed by atoms with Crippen LogP contribution in [0.2, 0.25) is 0 Å². The molecule has 2 amide bonds. The van der Waals surface area contributed by atoms with E-state index in [-0.39, 0.29) is 11.5 Å². The average molecular weight is 456 g/mol. The Kier molecular flexibility index (Phi) is 6.17. The van der Waals surface area contributed by atoms with E-state index in [2.05, 4.69) is 10.1 Å². The van der Waals surface area contributed by atoms with Gasteiger partial charge in [0.05, 0.1) is 32.0 Å². The number of nitrogens with zero attached hydrogens (tertiary/aromatic N) is 1. The van der Waals surface area contributed by atoms with Crippen molar-refractivity contribution in [2.75, 3.05) is 38.2 Å². The van der Waals surface area contributed by atoms with Gasteiger partial charge in [-0.25, -0.2) is 0 Å². The quantitative estimate of drug-likeness (QED) is 0.763. The lowest BCUT2D eigenvalue weighted by Gasteiger charge is -2.27. The number of hydrogen-bond acceptors (Lipinski definition) is 6. The molecule has 1 saturated heterocycles. The molecule has 31 heavy (non-hydrogen) atoms. The molecular weight excluding hydrogens is 437 g/mol. The number of thiophene rings is 1. The Morgan fingerprint density at radius 3 is 2.65 bits per heavy atom. The summed E-state index contributed by atoms with van der Waals surface area (Å²) in [5.41, 5.74) is 1.24. The number of carbonyl (C=O) groups excluding carboxylic acids is 2. The number of alkyl halides is 3. The van der Waals surface area contributed by atoms with E-state index in [1.165, 1.54) is 23.5 Å². The Morgan fingerprint density at radius 1 is 1.13 bits per heavy atom. The molecule has 0 atom stereocenters. The lowest BCUT2D eigenvalue weighted by atomic mass is 10.0. The number of benzene rings is 1. The van der Waals surface area contributed by atoms with Crippen molar-refractivity contribution in [3.05, 3.63) is 45.8 Å². The van der Waals surface area contributed by atoms with Crippen LogP contribution >= 0.6 is 11.3 Å². The fourth-order valence-corrected chi connectivity index (χ4v) is 4.65. The van der Waals surface area contributed by atoms with E-state index >= 15 is 0 Å². The standard InChI is InChI=1S/C20H19F3N2O5S/c21-20(22,23)30-13-3-1-2-12(10-13)17(26)24-18-16(14-4-7-29-11-15(14)31-18)19(27)25-5-8-28-9-6-25/h1-3,10H,4-9,11H2,(H,24,26). The van der Waals surface area contributed by atoms with Crippen LogP contribution in [0.1, 0.15) is 31.2 Å². The molecular formula is C20H19F3N2O5S. The van der Waals surface area contributed by atoms with E-state index in [1.54, 1.807) is 4.90 Å². The first-order valence-corrected chi connectivity index (χ1v) is 10.4. The van der Waals surface area contributed by atoms with Crippen LogP contribution in [0.15, 0.2) is 24.3 Å². The Hall–Kier alpha value is -2.63. The second-order valence-electron chi connectivity index (χ2n) is 6.94. The molecule has 0 aliphatic carbocycles. The molecule has 1 fully saturated rings. The molecule has 1 aromatic heterocycles. The summed E-state index contributed by atoms with van der Waals surface area (Å²) < 4.78 is 52.1. The molecule has 2 aromatic rings. The molecule has 0 unspecified atom stereocenters. The number of ether oxygens (including phenoxy) is 3. The van der Waals surface area contributed by atoms with Gasteiger partial charge in [-0.05, 0) is 30.2 Å². The van der Waals surface area contributed by atoms with Gasteiger partial charge in [0.1, 0.15) is 10.8 Å². The fraction of sp³-hybridized carbons (Fsp3) is 0.400. The first kappa shape index (κ1) is 21.6. The largest absolute Gasteiger partial charge is 0.573 e. The maximum Gasteiger partial charge on any atom is 0.573 e. The first-order valence-electron chi connectivity index (χ1n) is 9.58. The first-order chi connectivity index (χ1) is 14.8. The SMILES string of the molecule is O=C(Nc1sc2c(c1C(=O)N1CCOCC1)CCOC2)c1cccc(OC(F)(F)F)c1. The van der Waals surface area contributed by atoms with Crippen molar-refractivity contribution in [2.45, 2.75) is 19.4 Å². The van der Waals surface area contributed by atoms with Crippen molar-refractivity contribution >= 4 is 28.2 Å². The zero-order chi connectivity index (χ0) is 22.0. The number of morpholine rings is 1. The number of halogens is 3. The maximum absolute atomic E-state index is 13.2. The average Bonchev–Trinajstić information content (AvgIpc) is 3.10. The number of nitrogens with one attached hydrogen (secondary N) is 1. The molecule has 1 N–H and O–H groups in total. The molecule has 3 heterocycles. The van der Waals surface area contributed by atoms with E-state index in [1.807, 2.05) is 0 Å². The minimum Gasteiger partial charge on any atom is -0.406 e. The van der Waals surface area contributed by atoms with Crippen LogP contribution in [0.3, 0.4) is 0 Å². The maximum atomic E-state index is 13.2. The van der Waals surface area contributed by atoms with E-state index < -0.39 is 18.0 Å². The van der Waals surface area contributed by atoms with Gasteiger partial charge in [-0.1, -0.05) is 6.07 Å². The van der Waals surface area contributed by atoms with Gasteiger partial charge in [0, 0.05) is 23.5 Å². The van der Waals surface area contributed by atoms with E-state index in [0.717, 1.165) is 22.6 Å². The second-order valence-corrected chi connectivity index (χ2v) is 8.05. The number of rotatable bonds is 4. The third-order valence-corrected chi connectivity index (χ3v) is 6.01.